The Morgan fingerprint density at radius 1 is 1.44 bits per heavy atom. The van der Waals surface area contributed by atoms with Crippen LogP contribution < -0.4 is 10.6 Å². The minimum atomic E-state index is -0.343. The van der Waals surface area contributed by atoms with Crippen LogP contribution in [0.25, 0.3) is 0 Å². The zero-order valence-corrected chi connectivity index (χ0v) is 9.96. The van der Waals surface area contributed by atoms with Crippen molar-refractivity contribution in [2.75, 3.05) is 32.8 Å². The third-order valence-electron chi connectivity index (χ3n) is 2.51. The van der Waals surface area contributed by atoms with Crippen molar-refractivity contribution >= 4 is 6.09 Å². The van der Waals surface area contributed by atoms with Crippen LogP contribution in [0.3, 0.4) is 0 Å². The number of carbonyl (C=O) groups excluding carboxylic acids is 1. The highest BCUT2D eigenvalue weighted by Crippen LogP contribution is 2.06. The molecule has 1 saturated heterocycles. The Balaban J connectivity index is 1.89. The predicted molar refractivity (Wildman–Crippen MR) is 61.5 cm³/mol. The van der Waals surface area contributed by atoms with Crippen molar-refractivity contribution in [1.29, 1.82) is 0 Å². The average Bonchev–Trinajstić information content (AvgIpc) is 2.30. The van der Waals surface area contributed by atoms with Crippen LogP contribution in [0.5, 0.6) is 0 Å². The molecule has 0 aromatic rings. The summed E-state index contributed by atoms with van der Waals surface area (Å²) in [6, 6.07) is 0. The fraction of sp³-hybridized carbons (Fsp3) is 0.909. The molecule has 5 nitrogen and oxygen atoms in total. The van der Waals surface area contributed by atoms with E-state index in [1.165, 1.54) is 0 Å². The Bertz CT molecular complexity index is 194. The van der Waals surface area contributed by atoms with E-state index in [1.807, 2.05) is 0 Å². The summed E-state index contributed by atoms with van der Waals surface area (Å²) in [5, 5.41) is 5.96. The Hall–Kier alpha value is -0.810. The molecule has 16 heavy (non-hydrogen) atoms. The van der Waals surface area contributed by atoms with Crippen LogP contribution >= 0.6 is 0 Å². The van der Waals surface area contributed by atoms with E-state index in [0.29, 0.717) is 25.9 Å². The maximum absolute atomic E-state index is 10.9. The number of piperidine rings is 1. The second-order valence-electron chi connectivity index (χ2n) is 3.82. The summed E-state index contributed by atoms with van der Waals surface area (Å²) < 4.78 is 10.4. The maximum Gasteiger partial charge on any atom is 0.407 e. The van der Waals surface area contributed by atoms with Gasteiger partial charge < -0.3 is 20.1 Å². The molecule has 5 heteroatoms. The summed E-state index contributed by atoms with van der Waals surface area (Å²) in [6.07, 6.45) is 3.06. The summed E-state index contributed by atoms with van der Waals surface area (Å²) in [5.74, 6) is 0. The van der Waals surface area contributed by atoms with Gasteiger partial charge >= 0.3 is 6.09 Å². The fourth-order valence-corrected chi connectivity index (χ4v) is 1.66. The maximum atomic E-state index is 10.9. The lowest BCUT2D eigenvalue weighted by Gasteiger charge is -2.22. The summed E-state index contributed by atoms with van der Waals surface area (Å²) in [4.78, 5) is 10.9. The molecule has 0 spiro atoms. The van der Waals surface area contributed by atoms with Crippen molar-refractivity contribution in [1.82, 2.24) is 10.6 Å². The topological polar surface area (TPSA) is 59.6 Å². The van der Waals surface area contributed by atoms with Crippen molar-refractivity contribution in [2.45, 2.75) is 32.3 Å². The lowest BCUT2D eigenvalue weighted by atomic mass is 10.1. The van der Waals surface area contributed by atoms with E-state index >= 15 is 0 Å². The average molecular weight is 230 g/mol. The molecule has 0 saturated carbocycles. The van der Waals surface area contributed by atoms with E-state index in [0.717, 1.165) is 32.4 Å². The van der Waals surface area contributed by atoms with Gasteiger partial charge in [0.05, 0.1) is 12.7 Å². The lowest BCUT2D eigenvalue weighted by Crippen LogP contribution is -2.33. The van der Waals surface area contributed by atoms with Crippen LogP contribution in [0, 0.1) is 0 Å². The fourth-order valence-electron chi connectivity index (χ4n) is 1.66. The smallest absolute Gasteiger partial charge is 0.407 e. The van der Waals surface area contributed by atoms with Gasteiger partial charge in [-0.1, -0.05) is 0 Å². The van der Waals surface area contributed by atoms with Gasteiger partial charge in [-0.25, -0.2) is 4.79 Å². The molecular formula is C11H22N2O3. The van der Waals surface area contributed by atoms with E-state index in [1.54, 1.807) is 6.92 Å². The van der Waals surface area contributed by atoms with Crippen LogP contribution in [0.2, 0.25) is 0 Å². The molecule has 0 unspecified atom stereocenters. The number of nitrogens with one attached hydrogen (secondary N) is 2. The van der Waals surface area contributed by atoms with E-state index in [4.69, 9.17) is 9.47 Å². The molecule has 0 radical (unpaired) electrons. The lowest BCUT2D eigenvalue weighted by molar-refractivity contribution is 0.0317. The van der Waals surface area contributed by atoms with Gasteiger partial charge in [-0.2, -0.15) is 0 Å². The highest BCUT2D eigenvalue weighted by atomic mass is 16.5. The largest absolute Gasteiger partial charge is 0.450 e. The standard InChI is InChI=1S/C11H22N2O3/c1-2-15-11(14)13-6-3-9-16-10-4-7-12-8-5-10/h10,12H,2-9H2,1H3,(H,13,14). The summed E-state index contributed by atoms with van der Waals surface area (Å²) in [6.45, 7) is 5.62. The molecular weight excluding hydrogens is 208 g/mol. The van der Waals surface area contributed by atoms with Crippen LogP contribution in [-0.2, 0) is 9.47 Å². The molecule has 1 fully saturated rings. The predicted octanol–water partition coefficient (Wildman–Crippen LogP) is 0.891. The van der Waals surface area contributed by atoms with Gasteiger partial charge in [-0.15, -0.1) is 0 Å². The molecule has 0 aliphatic carbocycles. The highest BCUT2D eigenvalue weighted by Gasteiger charge is 2.12. The first-order valence-electron chi connectivity index (χ1n) is 6.06. The molecule has 1 rings (SSSR count). The minimum absolute atomic E-state index is 0.343. The normalized spacial score (nSPS) is 17.1. The van der Waals surface area contributed by atoms with Crippen molar-refractivity contribution in [3.8, 4) is 0 Å². The third kappa shape index (κ3) is 5.92. The molecule has 94 valence electrons. The van der Waals surface area contributed by atoms with E-state index in [9.17, 15) is 4.79 Å². The van der Waals surface area contributed by atoms with Gasteiger partial charge in [0.15, 0.2) is 0 Å². The monoisotopic (exact) mass is 230 g/mol. The number of hydrogen-bond acceptors (Lipinski definition) is 4. The van der Waals surface area contributed by atoms with Crippen LogP contribution in [-0.4, -0.2) is 45.0 Å². The van der Waals surface area contributed by atoms with E-state index in [2.05, 4.69) is 10.6 Å². The third-order valence-corrected chi connectivity index (χ3v) is 2.51. The minimum Gasteiger partial charge on any atom is -0.450 e. The SMILES string of the molecule is CCOC(=O)NCCCOC1CCNCC1. The summed E-state index contributed by atoms with van der Waals surface area (Å²) in [5.41, 5.74) is 0. The quantitative estimate of drug-likeness (QED) is 0.665. The Morgan fingerprint density at radius 2 is 2.19 bits per heavy atom. The zero-order chi connectivity index (χ0) is 11.6. The van der Waals surface area contributed by atoms with Gasteiger partial charge in [0.25, 0.3) is 0 Å². The van der Waals surface area contributed by atoms with Crippen molar-refractivity contribution < 1.29 is 14.3 Å². The molecule has 0 aromatic carbocycles. The Morgan fingerprint density at radius 3 is 2.88 bits per heavy atom. The first-order valence-corrected chi connectivity index (χ1v) is 6.06. The second kappa shape index (κ2) is 8.35. The number of amides is 1. The van der Waals surface area contributed by atoms with Crippen molar-refractivity contribution in [3.63, 3.8) is 0 Å². The number of carbonyl (C=O) groups is 1. The highest BCUT2D eigenvalue weighted by molar-refractivity contribution is 5.66. The molecule has 1 heterocycles. The van der Waals surface area contributed by atoms with Gasteiger partial charge in [0.1, 0.15) is 0 Å². The molecule has 2 N–H and O–H groups in total. The molecule has 0 atom stereocenters. The van der Waals surface area contributed by atoms with Crippen LogP contribution in [0.1, 0.15) is 26.2 Å². The van der Waals surface area contributed by atoms with Crippen molar-refractivity contribution in [2.24, 2.45) is 0 Å². The summed E-state index contributed by atoms with van der Waals surface area (Å²) in [7, 11) is 0. The molecule has 1 aliphatic rings. The molecule has 0 bridgehead atoms. The number of alkyl carbamates (subject to hydrolysis) is 1. The summed E-state index contributed by atoms with van der Waals surface area (Å²) >= 11 is 0. The molecule has 0 aromatic heterocycles. The van der Waals surface area contributed by atoms with Crippen LogP contribution in [0.15, 0.2) is 0 Å². The molecule has 1 aliphatic heterocycles. The molecule has 1 amide bonds. The van der Waals surface area contributed by atoms with Gasteiger partial charge in [-0.05, 0) is 39.3 Å². The van der Waals surface area contributed by atoms with Gasteiger partial charge in [0.2, 0.25) is 0 Å². The van der Waals surface area contributed by atoms with Gasteiger partial charge in [0, 0.05) is 13.2 Å². The number of ether oxygens (including phenoxy) is 2. The second-order valence-corrected chi connectivity index (χ2v) is 3.82. The van der Waals surface area contributed by atoms with Gasteiger partial charge in [-0.3, -0.25) is 0 Å². The Labute approximate surface area is 96.9 Å². The number of rotatable bonds is 6. The Kier molecular flexibility index (Phi) is 6.92. The van der Waals surface area contributed by atoms with Crippen molar-refractivity contribution in [3.05, 3.63) is 0 Å². The number of hydrogen-bond donors (Lipinski definition) is 2. The first-order chi connectivity index (χ1) is 7.83. The zero-order valence-electron chi connectivity index (χ0n) is 9.96. The van der Waals surface area contributed by atoms with Crippen LogP contribution in [0.4, 0.5) is 4.79 Å². The first kappa shape index (κ1) is 13.3. The van der Waals surface area contributed by atoms with E-state index in [-0.39, 0.29) is 6.09 Å². The van der Waals surface area contributed by atoms with E-state index < -0.39 is 0 Å².